The third-order valence-electron chi connectivity index (χ3n) is 4.72. The van der Waals surface area contributed by atoms with Gasteiger partial charge in [-0.15, -0.1) is 0 Å². The molecule has 0 unspecified atom stereocenters. The van der Waals surface area contributed by atoms with E-state index in [9.17, 15) is 0 Å². The van der Waals surface area contributed by atoms with Crippen molar-refractivity contribution >= 4 is 0 Å². The molecule has 0 aliphatic carbocycles. The van der Waals surface area contributed by atoms with Crippen LogP contribution in [-0.2, 0) is 0 Å². The Morgan fingerprint density at radius 3 is 1.94 bits per heavy atom. The highest BCUT2D eigenvalue weighted by molar-refractivity contribution is 4.93. The van der Waals surface area contributed by atoms with Crippen molar-refractivity contribution in [3.63, 3.8) is 0 Å². The van der Waals surface area contributed by atoms with Crippen molar-refractivity contribution in [2.45, 2.75) is 64.5 Å². The molecule has 2 rings (SSSR count). The zero-order valence-electron chi connectivity index (χ0n) is 11.3. The Morgan fingerprint density at radius 1 is 0.875 bits per heavy atom. The van der Waals surface area contributed by atoms with Crippen LogP contribution in [0.2, 0.25) is 0 Å². The fourth-order valence-electron chi connectivity index (χ4n) is 3.27. The average Bonchev–Trinajstić information content (AvgIpc) is 2.31. The second kappa shape index (κ2) is 5.05. The quantitative estimate of drug-likeness (QED) is 0.711. The van der Waals surface area contributed by atoms with Crippen molar-refractivity contribution < 1.29 is 0 Å². The minimum absolute atomic E-state index is 0.506. The zero-order valence-corrected chi connectivity index (χ0v) is 11.3. The van der Waals surface area contributed by atoms with E-state index in [0.29, 0.717) is 5.54 Å². The SMILES string of the molecule is CC(C)N1CCC(C)(N2CCCCC2)CC1. The van der Waals surface area contributed by atoms with Gasteiger partial charge in [0.15, 0.2) is 0 Å². The van der Waals surface area contributed by atoms with Gasteiger partial charge >= 0.3 is 0 Å². The van der Waals surface area contributed by atoms with Gasteiger partial charge in [0.2, 0.25) is 0 Å². The van der Waals surface area contributed by atoms with Gasteiger partial charge < -0.3 is 4.90 Å². The van der Waals surface area contributed by atoms with Crippen molar-refractivity contribution in [1.29, 1.82) is 0 Å². The van der Waals surface area contributed by atoms with Crippen molar-refractivity contribution in [3.8, 4) is 0 Å². The highest BCUT2D eigenvalue weighted by Gasteiger charge is 2.36. The molecule has 0 bridgehead atoms. The Hall–Kier alpha value is -0.0800. The molecule has 2 saturated heterocycles. The maximum atomic E-state index is 2.77. The van der Waals surface area contributed by atoms with Gasteiger partial charge in [0.25, 0.3) is 0 Å². The smallest absolute Gasteiger partial charge is 0.0205 e. The van der Waals surface area contributed by atoms with Gasteiger partial charge in [0.05, 0.1) is 0 Å². The molecule has 94 valence electrons. The summed E-state index contributed by atoms with van der Waals surface area (Å²) in [5.41, 5.74) is 0.506. The molecular weight excluding hydrogens is 196 g/mol. The van der Waals surface area contributed by atoms with E-state index in [1.165, 1.54) is 58.3 Å². The van der Waals surface area contributed by atoms with Crippen molar-refractivity contribution in [3.05, 3.63) is 0 Å². The minimum atomic E-state index is 0.506. The Balaban J connectivity index is 1.89. The summed E-state index contributed by atoms with van der Waals surface area (Å²) in [6, 6.07) is 0.728. The fourth-order valence-corrected chi connectivity index (χ4v) is 3.27. The van der Waals surface area contributed by atoms with Crippen molar-refractivity contribution in [1.82, 2.24) is 9.80 Å². The second-order valence-electron chi connectivity index (χ2n) is 6.17. The fraction of sp³-hybridized carbons (Fsp3) is 1.00. The predicted octanol–water partition coefficient (Wildman–Crippen LogP) is 2.74. The molecule has 0 spiro atoms. The lowest BCUT2D eigenvalue weighted by Crippen LogP contribution is -2.55. The van der Waals surface area contributed by atoms with Gasteiger partial charge in [-0.25, -0.2) is 0 Å². The largest absolute Gasteiger partial charge is 0.301 e. The highest BCUT2D eigenvalue weighted by atomic mass is 15.2. The third-order valence-corrected chi connectivity index (χ3v) is 4.72. The van der Waals surface area contributed by atoms with Crippen LogP contribution in [0.4, 0.5) is 0 Å². The molecule has 2 heteroatoms. The standard InChI is InChI=1S/C14H28N2/c1-13(2)15-11-7-14(3,8-12-15)16-9-5-4-6-10-16/h13H,4-12H2,1-3H3. The van der Waals surface area contributed by atoms with E-state index in [2.05, 4.69) is 30.6 Å². The van der Waals surface area contributed by atoms with E-state index in [0.717, 1.165) is 6.04 Å². The minimum Gasteiger partial charge on any atom is -0.301 e. The number of piperidine rings is 2. The lowest BCUT2D eigenvalue weighted by atomic mass is 9.85. The van der Waals surface area contributed by atoms with Gasteiger partial charge in [-0.1, -0.05) is 6.42 Å². The highest BCUT2D eigenvalue weighted by Crippen LogP contribution is 2.31. The normalized spacial score (nSPS) is 28.5. The van der Waals surface area contributed by atoms with E-state index < -0.39 is 0 Å². The average molecular weight is 224 g/mol. The molecule has 16 heavy (non-hydrogen) atoms. The Bertz CT molecular complexity index is 211. The van der Waals surface area contributed by atoms with Gasteiger partial charge in [0, 0.05) is 24.7 Å². The summed E-state index contributed by atoms with van der Waals surface area (Å²) in [4.78, 5) is 5.40. The molecule has 2 nitrogen and oxygen atoms in total. The van der Waals surface area contributed by atoms with Crippen molar-refractivity contribution in [2.24, 2.45) is 0 Å². The van der Waals surface area contributed by atoms with Crippen LogP contribution in [0.25, 0.3) is 0 Å². The van der Waals surface area contributed by atoms with E-state index in [4.69, 9.17) is 0 Å². The maximum absolute atomic E-state index is 2.77. The van der Waals surface area contributed by atoms with Crippen LogP contribution in [0.15, 0.2) is 0 Å². The number of hydrogen-bond acceptors (Lipinski definition) is 2. The summed E-state index contributed by atoms with van der Waals surface area (Å²) >= 11 is 0. The summed E-state index contributed by atoms with van der Waals surface area (Å²) in [5.74, 6) is 0. The molecule has 0 amide bonds. The zero-order chi connectivity index (χ0) is 11.6. The first-order chi connectivity index (χ1) is 7.62. The van der Waals surface area contributed by atoms with Crippen LogP contribution in [0.1, 0.15) is 52.9 Å². The molecule has 0 saturated carbocycles. The van der Waals surface area contributed by atoms with Crippen LogP contribution in [0.3, 0.4) is 0 Å². The summed E-state index contributed by atoms with van der Waals surface area (Å²) < 4.78 is 0. The molecule has 0 N–H and O–H groups in total. The lowest BCUT2D eigenvalue weighted by molar-refractivity contribution is 0.0134. The molecule has 2 fully saturated rings. The molecular formula is C14H28N2. The van der Waals surface area contributed by atoms with E-state index in [-0.39, 0.29) is 0 Å². The molecule has 0 aromatic rings. The van der Waals surface area contributed by atoms with Crippen LogP contribution in [0.5, 0.6) is 0 Å². The molecule has 0 aromatic heterocycles. The predicted molar refractivity (Wildman–Crippen MR) is 69.8 cm³/mol. The summed E-state index contributed by atoms with van der Waals surface area (Å²) in [7, 11) is 0. The summed E-state index contributed by atoms with van der Waals surface area (Å²) in [6.45, 7) is 12.4. The van der Waals surface area contributed by atoms with Crippen LogP contribution in [0, 0.1) is 0 Å². The number of nitrogens with zero attached hydrogens (tertiary/aromatic N) is 2. The maximum Gasteiger partial charge on any atom is 0.0205 e. The molecule has 0 atom stereocenters. The number of hydrogen-bond donors (Lipinski definition) is 0. The second-order valence-corrected chi connectivity index (χ2v) is 6.17. The topological polar surface area (TPSA) is 6.48 Å². The van der Waals surface area contributed by atoms with E-state index in [1.807, 2.05) is 0 Å². The molecule has 2 aliphatic heterocycles. The van der Waals surface area contributed by atoms with Gasteiger partial charge in [-0.3, -0.25) is 4.90 Å². The van der Waals surface area contributed by atoms with Gasteiger partial charge in [0.1, 0.15) is 0 Å². The van der Waals surface area contributed by atoms with Crippen molar-refractivity contribution in [2.75, 3.05) is 26.2 Å². The summed E-state index contributed by atoms with van der Waals surface area (Å²) in [6.07, 6.45) is 7.02. The van der Waals surface area contributed by atoms with Gasteiger partial charge in [-0.05, 0) is 59.5 Å². The van der Waals surface area contributed by atoms with Crippen LogP contribution < -0.4 is 0 Å². The Morgan fingerprint density at radius 2 is 1.44 bits per heavy atom. The molecule has 2 heterocycles. The number of rotatable bonds is 2. The lowest BCUT2D eigenvalue weighted by Gasteiger charge is -2.49. The first-order valence-corrected chi connectivity index (χ1v) is 7.11. The first kappa shape index (κ1) is 12.4. The van der Waals surface area contributed by atoms with Crippen LogP contribution >= 0.6 is 0 Å². The van der Waals surface area contributed by atoms with E-state index >= 15 is 0 Å². The van der Waals surface area contributed by atoms with Gasteiger partial charge in [-0.2, -0.15) is 0 Å². The Kier molecular flexibility index (Phi) is 3.91. The first-order valence-electron chi connectivity index (χ1n) is 7.11. The third kappa shape index (κ3) is 2.60. The molecule has 0 aromatic carbocycles. The van der Waals surface area contributed by atoms with E-state index in [1.54, 1.807) is 0 Å². The monoisotopic (exact) mass is 224 g/mol. The number of likely N-dealkylation sites (tertiary alicyclic amines) is 2. The summed E-state index contributed by atoms with van der Waals surface area (Å²) in [5, 5.41) is 0. The van der Waals surface area contributed by atoms with Crippen LogP contribution in [-0.4, -0.2) is 47.6 Å². The molecule has 2 aliphatic rings. The Labute approximate surface area is 101 Å². The molecule has 0 radical (unpaired) electrons.